The van der Waals surface area contributed by atoms with Gasteiger partial charge in [0.25, 0.3) is 0 Å². The topological polar surface area (TPSA) is 84.2 Å². The van der Waals surface area contributed by atoms with E-state index in [9.17, 15) is 9.59 Å². The van der Waals surface area contributed by atoms with Gasteiger partial charge in [0.05, 0.1) is 0 Å². The molecule has 5 nitrogen and oxygen atoms in total. The fourth-order valence-corrected chi connectivity index (χ4v) is 3.83. The molecule has 2 aliphatic rings. The van der Waals surface area contributed by atoms with Crippen LogP contribution in [0.5, 0.6) is 0 Å². The monoisotopic (exact) mass is 345 g/mol. The van der Waals surface area contributed by atoms with Gasteiger partial charge in [-0.05, 0) is 45.1 Å². The van der Waals surface area contributed by atoms with E-state index < -0.39 is 0 Å². The largest absolute Gasteiger partial charge is 0.353 e. The summed E-state index contributed by atoms with van der Waals surface area (Å²) in [7, 11) is 0. The van der Waals surface area contributed by atoms with E-state index in [0.717, 1.165) is 44.9 Å². The average molecular weight is 346 g/mol. The molecular weight excluding hydrogens is 314 g/mol. The van der Waals surface area contributed by atoms with Crippen LogP contribution in [0.15, 0.2) is 0 Å². The van der Waals surface area contributed by atoms with Gasteiger partial charge in [-0.2, -0.15) is 0 Å². The van der Waals surface area contributed by atoms with Gasteiger partial charge >= 0.3 is 0 Å². The van der Waals surface area contributed by atoms with Crippen LogP contribution < -0.4 is 16.4 Å². The SMILES string of the molecule is CC(CC(=O)NC1CCCC1CN)NC(=O)C1CCCCC1.Cl. The Labute approximate surface area is 145 Å². The molecule has 0 spiro atoms. The first-order valence-electron chi connectivity index (χ1n) is 8.90. The lowest BCUT2D eigenvalue weighted by Crippen LogP contribution is -2.44. The van der Waals surface area contributed by atoms with E-state index in [4.69, 9.17) is 5.73 Å². The first kappa shape index (κ1) is 20.2. The van der Waals surface area contributed by atoms with E-state index in [1.54, 1.807) is 0 Å². The van der Waals surface area contributed by atoms with Crippen LogP contribution in [-0.4, -0.2) is 30.4 Å². The number of halogens is 1. The Morgan fingerprint density at radius 3 is 2.43 bits per heavy atom. The summed E-state index contributed by atoms with van der Waals surface area (Å²) < 4.78 is 0. The predicted octanol–water partition coefficient (Wildman–Crippen LogP) is 2.13. The number of amides is 2. The second-order valence-electron chi connectivity index (χ2n) is 7.05. The van der Waals surface area contributed by atoms with Crippen LogP contribution in [-0.2, 0) is 9.59 Å². The smallest absolute Gasteiger partial charge is 0.223 e. The second-order valence-corrected chi connectivity index (χ2v) is 7.05. The van der Waals surface area contributed by atoms with Crippen molar-refractivity contribution in [2.24, 2.45) is 17.6 Å². The number of hydrogen-bond acceptors (Lipinski definition) is 3. The van der Waals surface area contributed by atoms with Crippen LogP contribution in [0, 0.1) is 11.8 Å². The Kier molecular flexibility index (Phi) is 8.92. The molecule has 3 atom stereocenters. The summed E-state index contributed by atoms with van der Waals surface area (Å²) in [4.78, 5) is 24.3. The highest BCUT2D eigenvalue weighted by Gasteiger charge is 2.28. The van der Waals surface area contributed by atoms with Crippen LogP contribution in [0.1, 0.15) is 64.7 Å². The number of nitrogens with one attached hydrogen (secondary N) is 2. The zero-order valence-corrected chi connectivity index (χ0v) is 15.0. The highest BCUT2D eigenvalue weighted by molar-refractivity contribution is 5.85. The van der Waals surface area contributed by atoms with E-state index in [1.165, 1.54) is 6.42 Å². The van der Waals surface area contributed by atoms with Gasteiger partial charge in [-0.15, -0.1) is 12.4 Å². The second kappa shape index (κ2) is 10.1. The molecule has 3 unspecified atom stereocenters. The molecule has 2 rings (SSSR count). The molecular formula is C17H32ClN3O2. The van der Waals surface area contributed by atoms with Crippen LogP contribution >= 0.6 is 12.4 Å². The van der Waals surface area contributed by atoms with Crippen LogP contribution in [0.3, 0.4) is 0 Å². The molecule has 0 heterocycles. The average Bonchev–Trinajstić information content (AvgIpc) is 2.94. The standard InChI is InChI=1S/C17H31N3O2.ClH/c1-12(19-17(22)13-6-3-2-4-7-13)10-16(21)20-15-9-5-8-14(15)11-18;/h12-15H,2-11,18H2,1H3,(H,19,22)(H,20,21);1H. The maximum Gasteiger partial charge on any atom is 0.223 e. The van der Waals surface area contributed by atoms with Crippen molar-refractivity contribution in [2.45, 2.75) is 76.8 Å². The van der Waals surface area contributed by atoms with Gasteiger partial charge in [0.1, 0.15) is 0 Å². The summed E-state index contributed by atoms with van der Waals surface area (Å²) in [6, 6.07) is 0.117. The van der Waals surface area contributed by atoms with Gasteiger partial charge in [-0.25, -0.2) is 0 Å². The fraction of sp³-hybridized carbons (Fsp3) is 0.882. The normalized spacial score (nSPS) is 26.2. The highest BCUT2D eigenvalue weighted by atomic mass is 35.5. The summed E-state index contributed by atoms with van der Waals surface area (Å²) in [5.41, 5.74) is 5.74. The lowest BCUT2D eigenvalue weighted by molar-refractivity contribution is -0.127. The molecule has 0 aromatic heterocycles. The molecule has 134 valence electrons. The molecule has 0 saturated heterocycles. The fourth-order valence-electron chi connectivity index (χ4n) is 3.83. The van der Waals surface area contributed by atoms with Crippen LogP contribution in [0.4, 0.5) is 0 Å². The quantitative estimate of drug-likeness (QED) is 0.689. The van der Waals surface area contributed by atoms with Crippen molar-refractivity contribution in [2.75, 3.05) is 6.54 Å². The zero-order chi connectivity index (χ0) is 15.9. The Morgan fingerprint density at radius 1 is 1.09 bits per heavy atom. The Morgan fingerprint density at radius 2 is 1.78 bits per heavy atom. The maximum atomic E-state index is 12.2. The van der Waals surface area contributed by atoms with Crippen LogP contribution in [0.25, 0.3) is 0 Å². The molecule has 0 aromatic carbocycles. The number of rotatable bonds is 6. The van der Waals surface area contributed by atoms with Gasteiger partial charge in [-0.3, -0.25) is 9.59 Å². The van der Waals surface area contributed by atoms with Crippen molar-refractivity contribution in [3.8, 4) is 0 Å². The van der Waals surface area contributed by atoms with Gasteiger partial charge < -0.3 is 16.4 Å². The molecule has 0 radical (unpaired) electrons. The van der Waals surface area contributed by atoms with Crippen molar-refractivity contribution >= 4 is 24.2 Å². The Bertz CT molecular complexity index is 386. The third-order valence-electron chi connectivity index (χ3n) is 5.16. The zero-order valence-electron chi connectivity index (χ0n) is 14.2. The van der Waals surface area contributed by atoms with E-state index in [2.05, 4.69) is 10.6 Å². The van der Waals surface area contributed by atoms with Crippen molar-refractivity contribution < 1.29 is 9.59 Å². The summed E-state index contributed by atoms with van der Waals surface area (Å²) in [5.74, 6) is 0.717. The Balaban J connectivity index is 0.00000264. The summed E-state index contributed by atoms with van der Waals surface area (Å²) in [6.07, 6.45) is 9.14. The lowest BCUT2D eigenvalue weighted by Gasteiger charge is -2.24. The predicted molar refractivity (Wildman–Crippen MR) is 94.4 cm³/mol. The minimum Gasteiger partial charge on any atom is -0.353 e. The Hall–Kier alpha value is -0.810. The number of carbonyl (C=O) groups excluding carboxylic acids is 2. The van der Waals surface area contributed by atoms with Crippen molar-refractivity contribution in [3.05, 3.63) is 0 Å². The van der Waals surface area contributed by atoms with Gasteiger partial charge in [0, 0.05) is 24.4 Å². The minimum atomic E-state index is -0.104. The molecule has 2 saturated carbocycles. The molecule has 0 bridgehead atoms. The van der Waals surface area contributed by atoms with E-state index in [0.29, 0.717) is 18.9 Å². The third kappa shape index (κ3) is 6.30. The number of hydrogen-bond donors (Lipinski definition) is 3. The van der Waals surface area contributed by atoms with E-state index in [1.807, 2.05) is 6.92 Å². The first-order chi connectivity index (χ1) is 10.6. The van der Waals surface area contributed by atoms with Crippen molar-refractivity contribution in [3.63, 3.8) is 0 Å². The summed E-state index contributed by atoms with van der Waals surface area (Å²) >= 11 is 0. The van der Waals surface area contributed by atoms with Gasteiger partial charge in [0.2, 0.25) is 11.8 Å². The summed E-state index contributed by atoms with van der Waals surface area (Å²) in [6.45, 7) is 2.55. The van der Waals surface area contributed by atoms with E-state index >= 15 is 0 Å². The van der Waals surface area contributed by atoms with Crippen LogP contribution in [0.2, 0.25) is 0 Å². The number of carbonyl (C=O) groups is 2. The third-order valence-corrected chi connectivity index (χ3v) is 5.16. The molecule has 4 N–H and O–H groups in total. The lowest BCUT2D eigenvalue weighted by atomic mass is 9.88. The molecule has 2 amide bonds. The summed E-state index contributed by atoms with van der Waals surface area (Å²) in [5, 5.41) is 6.10. The van der Waals surface area contributed by atoms with Crippen molar-refractivity contribution in [1.82, 2.24) is 10.6 Å². The van der Waals surface area contributed by atoms with Crippen molar-refractivity contribution in [1.29, 1.82) is 0 Å². The number of nitrogens with two attached hydrogens (primary N) is 1. The molecule has 6 heteroatoms. The minimum absolute atomic E-state index is 0. The molecule has 0 aromatic rings. The highest BCUT2D eigenvalue weighted by Crippen LogP contribution is 2.25. The molecule has 2 aliphatic carbocycles. The molecule has 23 heavy (non-hydrogen) atoms. The molecule has 2 fully saturated rings. The maximum absolute atomic E-state index is 12.2. The molecule has 0 aliphatic heterocycles. The van der Waals surface area contributed by atoms with Gasteiger partial charge in [-0.1, -0.05) is 25.7 Å². The van der Waals surface area contributed by atoms with Gasteiger partial charge in [0.15, 0.2) is 0 Å². The first-order valence-corrected chi connectivity index (χ1v) is 8.90. The van der Waals surface area contributed by atoms with E-state index in [-0.39, 0.29) is 42.2 Å².